The molecular weight excluding hydrogens is 325 g/mol. The molecule has 0 bridgehead atoms. The monoisotopic (exact) mass is 338 g/mol. The molecule has 1 heterocycles. The van der Waals surface area contributed by atoms with Gasteiger partial charge in [0, 0.05) is 17.5 Å². The van der Waals surface area contributed by atoms with E-state index in [2.05, 4.69) is 4.74 Å². The Morgan fingerprint density at radius 2 is 2.08 bits per heavy atom. The first-order valence-corrected chi connectivity index (χ1v) is 7.24. The van der Waals surface area contributed by atoms with Gasteiger partial charge < -0.3 is 9.64 Å². The number of hydrogen-bond donors (Lipinski definition) is 0. The number of amides is 1. The molecule has 1 spiro atoms. The Balaban J connectivity index is 2.14. The molecule has 0 aromatic heterocycles. The molecule has 1 amide bonds. The van der Waals surface area contributed by atoms with Crippen LogP contribution >= 0.6 is 0 Å². The second-order valence-electron chi connectivity index (χ2n) is 6.04. The van der Waals surface area contributed by atoms with Crippen LogP contribution in [-0.2, 0) is 21.1 Å². The highest BCUT2D eigenvalue weighted by Crippen LogP contribution is 2.54. The molecule has 24 heavy (non-hydrogen) atoms. The third-order valence-corrected chi connectivity index (χ3v) is 4.57. The molecule has 3 rings (SSSR count). The molecule has 5 nitrogen and oxygen atoms in total. The van der Waals surface area contributed by atoms with Crippen LogP contribution in [-0.4, -0.2) is 37.0 Å². The Bertz CT molecular complexity index is 776. The van der Waals surface area contributed by atoms with E-state index in [1.54, 1.807) is 6.07 Å². The molecule has 1 fully saturated rings. The van der Waals surface area contributed by atoms with Crippen LogP contribution in [0.1, 0.15) is 39.9 Å². The van der Waals surface area contributed by atoms with Crippen LogP contribution in [0.15, 0.2) is 12.1 Å². The molecule has 0 saturated heterocycles. The number of carbonyl (C=O) groups is 2. The minimum atomic E-state index is -4.66. The van der Waals surface area contributed by atoms with E-state index in [4.69, 9.17) is 0 Å². The highest BCUT2D eigenvalue weighted by Gasteiger charge is 2.54. The molecule has 1 aromatic carbocycles. The molecule has 126 valence electrons. The summed E-state index contributed by atoms with van der Waals surface area (Å²) in [7, 11) is 1.20. The highest BCUT2D eigenvalue weighted by atomic mass is 19.4. The van der Waals surface area contributed by atoms with E-state index in [0.717, 1.165) is 12.1 Å². The van der Waals surface area contributed by atoms with Gasteiger partial charge in [0.1, 0.15) is 12.6 Å². The van der Waals surface area contributed by atoms with Crippen LogP contribution in [0.4, 0.5) is 13.2 Å². The Morgan fingerprint density at radius 3 is 2.58 bits per heavy atom. The van der Waals surface area contributed by atoms with Crippen LogP contribution in [0.25, 0.3) is 0 Å². The zero-order valence-corrected chi connectivity index (χ0v) is 12.7. The van der Waals surface area contributed by atoms with E-state index in [9.17, 15) is 28.0 Å². The zero-order valence-electron chi connectivity index (χ0n) is 12.7. The van der Waals surface area contributed by atoms with E-state index in [0.29, 0.717) is 12.8 Å². The standard InChI is InChI=1S/C16H13F3N2O3/c1-24-12(22)7-21-8-15(4-5-15)13-9(14(21)23)2-3-11(10(13)6-20)16(17,18)19/h2-3H,4-5,7-8H2,1H3. The quantitative estimate of drug-likeness (QED) is 0.776. The van der Waals surface area contributed by atoms with E-state index in [1.165, 1.54) is 12.0 Å². The molecule has 1 aromatic rings. The molecule has 1 aliphatic carbocycles. The van der Waals surface area contributed by atoms with E-state index >= 15 is 0 Å². The largest absolute Gasteiger partial charge is 0.468 e. The molecule has 8 heteroatoms. The lowest BCUT2D eigenvalue weighted by Crippen LogP contribution is -2.46. The van der Waals surface area contributed by atoms with Crippen LogP contribution < -0.4 is 0 Å². The first-order valence-electron chi connectivity index (χ1n) is 7.24. The lowest BCUT2D eigenvalue weighted by molar-refractivity contribution is -0.141. The van der Waals surface area contributed by atoms with Crippen molar-refractivity contribution >= 4 is 11.9 Å². The Morgan fingerprint density at radius 1 is 1.42 bits per heavy atom. The van der Waals surface area contributed by atoms with E-state index in [-0.39, 0.29) is 24.2 Å². The molecule has 1 aliphatic heterocycles. The SMILES string of the molecule is COC(=O)CN1CC2(CC2)c2c(ccc(C(F)(F)F)c2C#N)C1=O. The van der Waals surface area contributed by atoms with Crippen molar-refractivity contribution in [3.05, 3.63) is 34.4 Å². The van der Waals surface area contributed by atoms with Gasteiger partial charge in [-0.25, -0.2) is 0 Å². The van der Waals surface area contributed by atoms with Crippen LogP contribution in [0.2, 0.25) is 0 Å². The van der Waals surface area contributed by atoms with Crippen molar-refractivity contribution in [1.82, 2.24) is 4.90 Å². The van der Waals surface area contributed by atoms with E-state index < -0.39 is 34.6 Å². The van der Waals surface area contributed by atoms with Crippen molar-refractivity contribution in [3.63, 3.8) is 0 Å². The number of halogens is 3. The minimum Gasteiger partial charge on any atom is -0.468 e. The topological polar surface area (TPSA) is 70.4 Å². The molecular formula is C16H13F3N2O3. The van der Waals surface area contributed by atoms with Crippen molar-refractivity contribution in [3.8, 4) is 6.07 Å². The van der Waals surface area contributed by atoms with Gasteiger partial charge in [0.25, 0.3) is 5.91 Å². The Kier molecular flexibility index (Phi) is 3.55. The Labute approximate surface area is 135 Å². The Hall–Kier alpha value is -2.56. The van der Waals surface area contributed by atoms with Crippen LogP contribution in [0.3, 0.4) is 0 Å². The first-order chi connectivity index (χ1) is 11.2. The second kappa shape index (κ2) is 5.23. The first kappa shape index (κ1) is 16.3. The van der Waals surface area contributed by atoms with Gasteiger partial charge >= 0.3 is 12.1 Å². The minimum absolute atomic E-state index is 0.0622. The van der Waals surface area contributed by atoms with Crippen LogP contribution in [0.5, 0.6) is 0 Å². The summed E-state index contributed by atoms with van der Waals surface area (Å²) in [6, 6.07) is 3.49. The molecule has 0 radical (unpaired) electrons. The van der Waals surface area contributed by atoms with Gasteiger partial charge in [0.05, 0.1) is 18.2 Å². The lowest BCUT2D eigenvalue weighted by Gasteiger charge is -2.35. The maximum atomic E-state index is 13.2. The van der Waals surface area contributed by atoms with Gasteiger partial charge in [-0.1, -0.05) is 0 Å². The summed E-state index contributed by atoms with van der Waals surface area (Å²) < 4.78 is 44.0. The predicted molar refractivity (Wildman–Crippen MR) is 75.0 cm³/mol. The van der Waals surface area contributed by atoms with Crippen molar-refractivity contribution in [1.29, 1.82) is 5.26 Å². The maximum absolute atomic E-state index is 13.2. The van der Waals surface area contributed by atoms with Crippen molar-refractivity contribution in [2.75, 3.05) is 20.2 Å². The lowest BCUT2D eigenvalue weighted by atomic mass is 9.81. The summed E-state index contributed by atoms with van der Waals surface area (Å²) in [6.07, 6.45) is -3.52. The number of benzene rings is 1. The average Bonchev–Trinajstić information content (AvgIpc) is 3.30. The number of hydrogen-bond acceptors (Lipinski definition) is 4. The number of fused-ring (bicyclic) bond motifs is 2. The number of ether oxygens (including phenoxy) is 1. The number of methoxy groups -OCH3 is 1. The van der Waals surface area contributed by atoms with Gasteiger partial charge in [0.2, 0.25) is 0 Å². The fraction of sp³-hybridized carbons (Fsp3) is 0.438. The number of rotatable bonds is 2. The maximum Gasteiger partial charge on any atom is 0.417 e. The smallest absolute Gasteiger partial charge is 0.417 e. The normalized spacial score (nSPS) is 18.1. The van der Waals surface area contributed by atoms with Gasteiger partial charge in [-0.3, -0.25) is 9.59 Å². The number of carbonyl (C=O) groups excluding carboxylic acids is 2. The number of nitrogens with zero attached hydrogens (tertiary/aromatic N) is 2. The zero-order chi connectivity index (χ0) is 17.7. The second-order valence-corrected chi connectivity index (χ2v) is 6.04. The fourth-order valence-corrected chi connectivity index (χ4v) is 3.28. The molecule has 2 aliphatic rings. The summed E-state index contributed by atoms with van der Waals surface area (Å²) in [5.74, 6) is -1.16. The molecule has 0 atom stereocenters. The van der Waals surface area contributed by atoms with Crippen molar-refractivity contribution in [2.45, 2.75) is 24.4 Å². The summed E-state index contributed by atoms with van der Waals surface area (Å²) >= 11 is 0. The van der Waals surface area contributed by atoms with E-state index in [1.807, 2.05) is 0 Å². The van der Waals surface area contributed by atoms with Gasteiger partial charge in [0.15, 0.2) is 0 Å². The highest BCUT2D eigenvalue weighted by molar-refractivity contribution is 6.00. The molecule has 1 saturated carbocycles. The summed E-state index contributed by atoms with van der Waals surface area (Å²) in [5, 5.41) is 9.28. The van der Waals surface area contributed by atoms with Gasteiger partial charge in [-0.2, -0.15) is 18.4 Å². The molecule has 0 N–H and O–H groups in total. The van der Waals surface area contributed by atoms with Gasteiger partial charge in [-0.15, -0.1) is 0 Å². The average molecular weight is 338 g/mol. The summed E-state index contributed by atoms with van der Waals surface area (Å²) in [5.41, 5.74) is -1.95. The predicted octanol–water partition coefficient (Wildman–Crippen LogP) is 2.24. The number of esters is 1. The van der Waals surface area contributed by atoms with Gasteiger partial charge in [-0.05, 0) is 30.5 Å². The van der Waals surface area contributed by atoms with Crippen molar-refractivity contribution < 1.29 is 27.5 Å². The summed E-state index contributed by atoms with van der Waals surface area (Å²) in [4.78, 5) is 25.3. The third kappa shape index (κ3) is 2.40. The van der Waals surface area contributed by atoms with Crippen molar-refractivity contribution in [2.24, 2.45) is 0 Å². The fourth-order valence-electron chi connectivity index (χ4n) is 3.28. The number of alkyl halides is 3. The number of nitriles is 1. The van der Waals surface area contributed by atoms with Crippen LogP contribution in [0, 0.1) is 11.3 Å². The summed E-state index contributed by atoms with van der Waals surface area (Å²) in [6.45, 7) is -0.149. The third-order valence-electron chi connectivity index (χ3n) is 4.57. The molecule has 0 unspecified atom stereocenters.